The van der Waals surface area contributed by atoms with Crippen LogP contribution in [0.3, 0.4) is 0 Å². The van der Waals surface area contributed by atoms with E-state index in [1.165, 1.54) is 6.26 Å². The van der Waals surface area contributed by atoms with Crippen LogP contribution in [0.2, 0.25) is 0 Å². The topological polar surface area (TPSA) is 65.7 Å². The maximum atomic E-state index is 12.4. The Labute approximate surface area is 148 Å². The van der Waals surface area contributed by atoms with Gasteiger partial charge in [0.1, 0.15) is 5.82 Å². The number of hydrogen-bond acceptors (Lipinski definition) is 6. The van der Waals surface area contributed by atoms with E-state index in [1.807, 2.05) is 17.9 Å². The lowest BCUT2D eigenvalue weighted by Crippen LogP contribution is -2.49. The first-order chi connectivity index (χ1) is 12.1. The minimum atomic E-state index is -0.0568. The van der Waals surface area contributed by atoms with E-state index in [0.29, 0.717) is 31.9 Å². The van der Waals surface area contributed by atoms with Crippen molar-refractivity contribution in [2.24, 2.45) is 0 Å². The van der Waals surface area contributed by atoms with Crippen LogP contribution in [0.15, 0.2) is 28.9 Å². The zero-order chi connectivity index (χ0) is 17.8. The number of piperazine rings is 1. The average molecular weight is 343 g/mol. The zero-order valence-corrected chi connectivity index (χ0v) is 15.1. The predicted octanol–water partition coefficient (Wildman–Crippen LogP) is 2.19. The molecule has 25 heavy (non-hydrogen) atoms. The van der Waals surface area contributed by atoms with E-state index in [1.54, 1.807) is 12.1 Å². The number of carbonyl (C=O) groups is 1. The Morgan fingerprint density at radius 1 is 1.20 bits per heavy atom. The van der Waals surface area contributed by atoms with Crippen LogP contribution in [0.25, 0.3) is 0 Å². The lowest BCUT2D eigenvalue weighted by molar-refractivity contribution is 0.0714. The third-order valence-corrected chi connectivity index (χ3v) is 4.50. The van der Waals surface area contributed by atoms with Crippen LogP contribution in [-0.2, 0) is 0 Å². The number of nitrogens with zero attached hydrogens (tertiary/aromatic N) is 5. The van der Waals surface area contributed by atoms with Crippen LogP contribution < -0.4 is 9.80 Å². The number of hydrogen-bond donors (Lipinski definition) is 0. The van der Waals surface area contributed by atoms with Crippen molar-refractivity contribution in [3.63, 3.8) is 0 Å². The summed E-state index contributed by atoms with van der Waals surface area (Å²) in [5, 5.41) is 0. The molecule has 3 heterocycles. The summed E-state index contributed by atoms with van der Waals surface area (Å²) in [6.45, 7) is 10.8. The van der Waals surface area contributed by atoms with Crippen LogP contribution in [-0.4, -0.2) is 60.0 Å². The maximum Gasteiger partial charge on any atom is 0.289 e. The third-order valence-electron chi connectivity index (χ3n) is 4.50. The van der Waals surface area contributed by atoms with Gasteiger partial charge in [-0.1, -0.05) is 0 Å². The third kappa shape index (κ3) is 3.75. The van der Waals surface area contributed by atoms with E-state index in [-0.39, 0.29) is 5.91 Å². The number of carbonyl (C=O) groups excluding carboxylic acids is 1. The molecule has 2 aromatic rings. The van der Waals surface area contributed by atoms with Gasteiger partial charge in [-0.15, -0.1) is 0 Å². The molecule has 1 aliphatic heterocycles. The van der Waals surface area contributed by atoms with Crippen molar-refractivity contribution in [3.05, 3.63) is 35.9 Å². The molecule has 0 unspecified atom stereocenters. The molecule has 0 radical (unpaired) electrons. The number of aromatic nitrogens is 2. The van der Waals surface area contributed by atoms with Crippen molar-refractivity contribution in [3.8, 4) is 0 Å². The first kappa shape index (κ1) is 17.3. The maximum absolute atomic E-state index is 12.4. The summed E-state index contributed by atoms with van der Waals surface area (Å²) in [5.41, 5.74) is 0.959. The van der Waals surface area contributed by atoms with Gasteiger partial charge in [0.05, 0.1) is 6.26 Å². The Kier molecular flexibility index (Phi) is 5.21. The number of furan rings is 1. The molecule has 0 N–H and O–H groups in total. The molecular formula is C18H25N5O2. The Bertz CT molecular complexity index is 704. The van der Waals surface area contributed by atoms with Gasteiger partial charge in [-0.3, -0.25) is 4.79 Å². The molecule has 0 atom stereocenters. The highest BCUT2D eigenvalue weighted by molar-refractivity contribution is 5.91. The highest BCUT2D eigenvalue weighted by Gasteiger charge is 2.25. The molecule has 1 aliphatic rings. The molecule has 1 amide bonds. The van der Waals surface area contributed by atoms with Crippen LogP contribution in [0.1, 0.15) is 30.1 Å². The molecule has 3 rings (SSSR count). The Morgan fingerprint density at radius 2 is 1.92 bits per heavy atom. The van der Waals surface area contributed by atoms with Gasteiger partial charge >= 0.3 is 0 Å². The van der Waals surface area contributed by atoms with Crippen molar-refractivity contribution < 1.29 is 9.21 Å². The van der Waals surface area contributed by atoms with Crippen LogP contribution in [0.4, 0.5) is 11.8 Å². The Hall–Kier alpha value is -2.57. The fraction of sp³-hybridized carbons (Fsp3) is 0.500. The summed E-state index contributed by atoms with van der Waals surface area (Å²) in [4.78, 5) is 27.9. The second-order valence-electron chi connectivity index (χ2n) is 6.10. The summed E-state index contributed by atoms with van der Waals surface area (Å²) in [7, 11) is 0. The standard InChI is InChI=1S/C18H25N5O2/c1-4-21(5-2)16-13-14(3)19-18(20-16)23-10-8-22(9-11-23)17(24)15-7-6-12-25-15/h6-7,12-13H,4-5,8-11H2,1-3H3. The fourth-order valence-corrected chi connectivity index (χ4v) is 3.05. The van der Waals surface area contributed by atoms with E-state index >= 15 is 0 Å². The van der Waals surface area contributed by atoms with Crippen molar-refractivity contribution in [1.82, 2.24) is 14.9 Å². The van der Waals surface area contributed by atoms with Gasteiger partial charge in [0.25, 0.3) is 5.91 Å². The quantitative estimate of drug-likeness (QED) is 0.829. The van der Waals surface area contributed by atoms with Gasteiger partial charge in [-0.25, -0.2) is 4.98 Å². The van der Waals surface area contributed by atoms with Crippen molar-refractivity contribution in [1.29, 1.82) is 0 Å². The molecule has 0 bridgehead atoms. The molecule has 1 saturated heterocycles. The monoisotopic (exact) mass is 343 g/mol. The number of rotatable bonds is 5. The minimum Gasteiger partial charge on any atom is -0.459 e. The second kappa shape index (κ2) is 7.55. The van der Waals surface area contributed by atoms with Crippen molar-refractivity contribution in [2.45, 2.75) is 20.8 Å². The summed E-state index contributed by atoms with van der Waals surface area (Å²) in [6, 6.07) is 5.46. The Balaban J connectivity index is 1.69. The first-order valence-electron chi connectivity index (χ1n) is 8.80. The molecule has 2 aromatic heterocycles. The highest BCUT2D eigenvalue weighted by Crippen LogP contribution is 2.19. The van der Waals surface area contributed by atoms with E-state index in [0.717, 1.165) is 30.5 Å². The molecule has 0 spiro atoms. The zero-order valence-electron chi connectivity index (χ0n) is 15.1. The molecule has 0 aromatic carbocycles. The normalized spacial score (nSPS) is 14.7. The molecular weight excluding hydrogens is 318 g/mol. The number of amides is 1. The lowest BCUT2D eigenvalue weighted by Gasteiger charge is -2.34. The molecule has 7 nitrogen and oxygen atoms in total. The fourth-order valence-electron chi connectivity index (χ4n) is 3.05. The van der Waals surface area contributed by atoms with Gasteiger partial charge in [0.15, 0.2) is 5.76 Å². The molecule has 0 aliphatic carbocycles. The highest BCUT2D eigenvalue weighted by atomic mass is 16.3. The van der Waals surface area contributed by atoms with E-state index in [2.05, 4.69) is 28.6 Å². The molecule has 1 fully saturated rings. The van der Waals surface area contributed by atoms with E-state index < -0.39 is 0 Å². The number of aryl methyl sites for hydroxylation is 1. The smallest absolute Gasteiger partial charge is 0.289 e. The molecule has 134 valence electrons. The van der Waals surface area contributed by atoms with Crippen molar-refractivity contribution in [2.75, 3.05) is 49.1 Å². The second-order valence-corrected chi connectivity index (χ2v) is 6.10. The largest absolute Gasteiger partial charge is 0.459 e. The number of anilines is 2. The van der Waals surface area contributed by atoms with Gasteiger partial charge in [0.2, 0.25) is 5.95 Å². The van der Waals surface area contributed by atoms with Gasteiger partial charge in [-0.2, -0.15) is 4.98 Å². The van der Waals surface area contributed by atoms with Gasteiger partial charge < -0.3 is 19.1 Å². The summed E-state index contributed by atoms with van der Waals surface area (Å²) in [5.74, 6) is 2.04. The predicted molar refractivity (Wildman–Crippen MR) is 97.2 cm³/mol. The van der Waals surface area contributed by atoms with Crippen LogP contribution in [0, 0.1) is 6.92 Å². The molecule has 0 saturated carbocycles. The average Bonchev–Trinajstić information content (AvgIpc) is 3.16. The first-order valence-corrected chi connectivity index (χ1v) is 8.80. The van der Waals surface area contributed by atoms with Gasteiger partial charge in [0, 0.05) is 51.0 Å². The minimum absolute atomic E-state index is 0.0568. The van der Waals surface area contributed by atoms with E-state index in [4.69, 9.17) is 9.40 Å². The molecule has 7 heteroatoms. The van der Waals surface area contributed by atoms with Crippen LogP contribution in [0.5, 0.6) is 0 Å². The van der Waals surface area contributed by atoms with E-state index in [9.17, 15) is 4.79 Å². The van der Waals surface area contributed by atoms with Crippen LogP contribution >= 0.6 is 0 Å². The van der Waals surface area contributed by atoms with Crippen molar-refractivity contribution >= 4 is 17.7 Å². The lowest BCUT2D eigenvalue weighted by atomic mass is 10.3. The summed E-state index contributed by atoms with van der Waals surface area (Å²) in [6.07, 6.45) is 1.53. The Morgan fingerprint density at radius 3 is 2.52 bits per heavy atom. The summed E-state index contributed by atoms with van der Waals surface area (Å²) >= 11 is 0. The SMILES string of the molecule is CCN(CC)c1cc(C)nc(N2CCN(C(=O)c3ccco3)CC2)n1. The van der Waals surface area contributed by atoms with Gasteiger partial charge in [-0.05, 0) is 32.9 Å². The summed E-state index contributed by atoms with van der Waals surface area (Å²) < 4.78 is 5.21.